The lowest BCUT2D eigenvalue weighted by molar-refractivity contribution is -0.384. The predicted molar refractivity (Wildman–Crippen MR) is 147 cm³/mol. The van der Waals surface area contributed by atoms with Crippen molar-refractivity contribution < 1.29 is 14.5 Å². The van der Waals surface area contributed by atoms with Gasteiger partial charge in [0, 0.05) is 34.0 Å². The summed E-state index contributed by atoms with van der Waals surface area (Å²) < 4.78 is 0. The number of nitro benzene ring substituents is 1. The van der Waals surface area contributed by atoms with Gasteiger partial charge < -0.3 is 10.6 Å². The Morgan fingerprint density at radius 3 is 2.14 bits per heavy atom. The molecule has 8 heteroatoms. The Morgan fingerprint density at radius 2 is 1.51 bits per heavy atom. The Morgan fingerprint density at radius 1 is 0.838 bits per heavy atom. The topological polar surface area (TPSA) is 101 Å². The number of anilines is 2. The summed E-state index contributed by atoms with van der Waals surface area (Å²) in [5.74, 6) is -0.440. The van der Waals surface area contributed by atoms with Crippen molar-refractivity contribution in [2.24, 2.45) is 0 Å². The number of nitro groups is 1. The normalized spacial score (nSPS) is 11.4. The van der Waals surface area contributed by atoms with Crippen molar-refractivity contribution in [3.8, 4) is 0 Å². The van der Waals surface area contributed by atoms with Crippen LogP contribution in [-0.2, 0) is 4.79 Å². The molecule has 0 saturated heterocycles. The summed E-state index contributed by atoms with van der Waals surface area (Å²) in [6, 6.07) is 28.4. The molecule has 4 aromatic carbocycles. The van der Waals surface area contributed by atoms with Crippen molar-refractivity contribution in [2.75, 3.05) is 10.6 Å². The molecular formula is C29H25N3O4S. The van der Waals surface area contributed by atoms with Crippen LogP contribution in [0, 0.1) is 24.0 Å². The number of thioether (sulfide) groups is 1. The van der Waals surface area contributed by atoms with Crippen LogP contribution in [0.4, 0.5) is 17.1 Å². The minimum Gasteiger partial charge on any atom is -0.325 e. The first-order valence-corrected chi connectivity index (χ1v) is 12.4. The van der Waals surface area contributed by atoms with Crippen molar-refractivity contribution in [1.82, 2.24) is 0 Å². The van der Waals surface area contributed by atoms with Gasteiger partial charge in [-0.2, -0.15) is 0 Å². The molecule has 186 valence electrons. The highest BCUT2D eigenvalue weighted by atomic mass is 32.2. The Kier molecular flexibility index (Phi) is 8.00. The number of hydrogen-bond acceptors (Lipinski definition) is 5. The minimum absolute atomic E-state index is 0.0287. The molecule has 1 atom stereocenters. The van der Waals surface area contributed by atoms with Crippen molar-refractivity contribution in [1.29, 1.82) is 0 Å². The van der Waals surface area contributed by atoms with Gasteiger partial charge in [0.05, 0.1) is 4.92 Å². The molecule has 0 bridgehead atoms. The van der Waals surface area contributed by atoms with Crippen molar-refractivity contribution >= 4 is 40.6 Å². The van der Waals surface area contributed by atoms with E-state index in [4.69, 9.17) is 0 Å². The molecule has 0 heterocycles. The maximum atomic E-state index is 13.4. The van der Waals surface area contributed by atoms with E-state index in [2.05, 4.69) is 10.6 Å². The number of hydrogen-bond donors (Lipinski definition) is 2. The van der Waals surface area contributed by atoms with Gasteiger partial charge in [0.1, 0.15) is 5.25 Å². The van der Waals surface area contributed by atoms with E-state index in [9.17, 15) is 19.7 Å². The van der Waals surface area contributed by atoms with Crippen molar-refractivity contribution in [2.45, 2.75) is 24.0 Å². The van der Waals surface area contributed by atoms with Crippen molar-refractivity contribution in [3.05, 3.63) is 129 Å². The first-order valence-electron chi connectivity index (χ1n) is 11.6. The average Bonchev–Trinajstić information content (AvgIpc) is 2.90. The lowest BCUT2D eigenvalue weighted by Crippen LogP contribution is -2.19. The van der Waals surface area contributed by atoms with Crippen LogP contribution in [0.3, 0.4) is 0 Å². The fourth-order valence-corrected chi connectivity index (χ4v) is 4.69. The zero-order valence-corrected chi connectivity index (χ0v) is 21.1. The maximum absolute atomic E-state index is 13.4. The van der Waals surface area contributed by atoms with Crippen LogP contribution in [0.15, 0.2) is 102 Å². The number of benzene rings is 4. The highest BCUT2D eigenvalue weighted by molar-refractivity contribution is 8.00. The Labute approximate surface area is 219 Å². The summed E-state index contributed by atoms with van der Waals surface area (Å²) in [5.41, 5.74) is 4.22. The van der Waals surface area contributed by atoms with Gasteiger partial charge in [0.25, 0.3) is 11.6 Å². The van der Waals surface area contributed by atoms with Crippen LogP contribution in [0.2, 0.25) is 0 Å². The number of amides is 2. The van der Waals surface area contributed by atoms with Crippen LogP contribution in [0.5, 0.6) is 0 Å². The highest BCUT2D eigenvalue weighted by Gasteiger charge is 2.23. The number of carbonyl (C=O) groups is 2. The third kappa shape index (κ3) is 6.62. The van der Waals surface area contributed by atoms with Crippen LogP contribution in [0.25, 0.3) is 0 Å². The van der Waals surface area contributed by atoms with Crippen LogP contribution in [-0.4, -0.2) is 16.7 Å². The molecule has 0 radical (unpaired) electrons. The molecule has 0 aliphatic rings. The zero-order valence-electron chi connectivity index (χ0n) is 20.3. The molecular weight excluding hydrogens is 486 g/mol. The molecule has 0 aromatic heterocycles. The third-order valence-corrected chi connectivity index (χ3v) is 6.97. The molecule has 0 fully saturated rings. The Bertz CT molecular complexity index is 1420. The maximum Gasteiger partial charge on any atom is 0.269 e. The van der Waals surface area contributed by atoms with E-state index in [1.807, 2.05) is 61.5 Å². The number of rotatable bonds is 8. The van der Waals surface area contributed by atoms with Gasteiger partial charge in [0.2, 0.25) is 5.91 Å². The number of nitrogens with one attached hydrogen (secondary N) is 2. The molecule has 2 amide bonds. The molecule has 2 N–H and O–H groups in total. The summed E-state index contributed by atoms with van der Waals surface area (Å²) in [6.45, 7) is 3.69. The molecule has 7 nitrogen and oxygen atoms in total. The lowest BCUT2D eigenvalue weighted by Gasteiger charge is -2.18. The molecule has 0 aliphatic heterocycles. The summed E-state index contributed by atoms with van der Waals surface area (Å²) >= 11 is 1.38. The van der Waals surface area contributed by atoms with Crippen LogP contribution < -0.4 is 10.6 Å². The van der Waals surface area contributed by atoms with E-state index in [1.54, 1.807) is 37.3 Å². The van der Waals surface area contributed by atoms with E-state index >= 15 is 0 Å². The van der Waals surface area contributed by atoms with Gasteiger partial charge in [-0.15, -0.1) is 11.8 Å². The van der Waals surface area contributed by atoms with Gasteiger partial charge in [0.15, 0.2) is 0 Å². The SMILES string of the molecule is Cc1ccc(C(=O)Nc2ccc(SC(C(=O)Nc3ccc([N+](=O)[O-])cc3C)c3ccccc3)cc2)cc1. The first kappa shape index (κ1) is 25.7. The quantitative estimate of drug-likeness (QED) is 0.152. The monoisotopic (exact) mass is 511 g/mol. The van der Waals surface area contributed by atoms with Gasteiger partial charge in [-0.25, -0.2) is 0 Å². The average molecular weight is 512 g/mol. The van der Waals surface area contributed by atoms with Crippen molar-refractivity contribution in [3.63, 3.8) is 0 Å². The summed E-state index contributed by atoms with van der Waals surface area (Å²) in [5, 5.41) is 16.3. The standard InChI is InChI=1S/C29H25N3O4S/c1-19-8-10-22(11-9-19)28(33)30-23-12-15-25(16-13-23)37-27(21-6-4-3-5-7-21)29(34)31-26-17-14-24(32(35)36)18-20(26)2/h3-18,27H,1-2H3,(H,30,33)(H,31,34). The third-order valence-electron chi connectivity index (χ3n) is 5.70. The highest BCUT2D eigenvalue weighted by Crippen LogP contribution is 2.37. The molecule has 0 aliphatic carbocycles. The number of non-ortho nitro benzene ring substituents is 1. The number of aryl methyl sites for hydroxylation is 2. The fourth-order valence-electron chi connectivity index (χ4n) is 3.66. The molecule has 0 saturated carbocycles. The number of nitrogens with zero attached hydrogens (tertiary/aromatic N) is 1. The largest absolute Gasteiger partial charge is 0.325 e. The first-order chi connectivity index (χ1) is 17.8. The number of carbonyl (C=O) groups excluding carboxylic acids is 2. The fraction of sp³-hybridized carbons (Fsp3) is 0.103. The smallest absolute Gasteiger partial charge is 0.269 e. The van der Waals surface area contributed by atoms with E-state index in [1.165, 1.54) is 23.9 Å². The predicted octanol–water partition coefficient (Wildman–Crippen LogP) is 6.94. The van der Waals surface area contributed by atoms with Crippen LogP contribution in [0.1, 0.15) is 32.3 Å². The van der Waals surface area contributed by atoms with E-state index < -0.39 is 10.2 Å². The van der Waals surface area contributed by atoms with Gasteiger partial charge in [-0.1, -0.05) is 48.0 Å². The van der Waals surface area contributed by atoms with Gasteiger partial charge in [-0.05, 0) is 67.4 Å². The van der Waals surface area contributed by atoms with E-state index in [0.29, 0.717) is 22.5 Å². The summed E-state index contributed by atoms with van der Waals surface area (Å²) in [6.07, 6.45) is 0. The zero-order chi connectivity index (χ0) is 26.4. The van der Waals surface area contributed by atoms with E-state index in [-0.39, 0.29) is 17.5 Å². The Balaban J connectivity index is 1.50. The summed E-state index contributed by atoms with van der Waals surface area (Å²) in [7, 11) is 0. The van der Waals surface area contributed by atoms with Crippen LogP contribution >= 0.6 is 11.8 Å². The molecule has 0 spiro atoms. The lowest BCUT2D eigenvalue weighted by atomic mass is 10.1. The molecule has 37 heavy (non-hydrogen) atoms. The van der Waals surface area contributed by atoms with Gasteiger partial charge >= 0.3 is 0 Å². The molecule has 4 rings (SSSR count). The minimum atomic E-state index is -0.566. The molecule has 4 aromatic rings. The Hall–Kier alpha value is -4.43. The van der Waals surface area contributed by atoms with E-state index in [0.717, 1.165) is 16.0 Å². The summed E-state index contributed by atoms with van der Waals surface area (Å²) in [4.78, 5) is 37.3. The second-order valence-corrected chi connectivity index (χ2v) is 9.68. The van der Waals surface area contributed by atoms with Gasteiger partial charge in [-0.3, -0.25) is 19.7 Å². The second-order valence-electron chi connectivity index (χ2n) is 8.50. The second kappa shape index (κ2) is 11.5. The molecule has 1 unspecified atom stereocenters.